The molecule has 0 bridgehead atoms. The molecule has 0 fully saturated rings. The number of benzene rings is 1. The smallest absolute Gasteiger partial charge is 0.407 e. The van der Waals surface area contributed by atoms with Crippen molar-refractivity contribution in [2.45, 2.75) is 26.4 Å². The van der Waals surface area contributed by atoms with Gasteiger partial charge in [-0.25, -0.2) is 9.78 Å². The molecule has 1 aromatic carbocycles. The number of ether oxygens (including phenoxy) is 1. The lowest BCUT2D eigenvalue weighted by Gasteiger charge is -2.19. The van der Waals surface area contributed by atoms with Crippen molar-refractivity contribution in [3.05, 3.63) is 47.6 Å². The quantitative estimate of drug-likeness (QED) is 0.659. The van der Waals surface area contributed by atoms with Gasteiger partial charge in [-0.3, -0.25) is 9.20 Å². The molecule has 0 radical (unpaired) electrons. The van der Waals surface area contributed by atoms with Crippen LogP contribution in [0.2, 0.25) is 0 Å². The molecule has 0 aliphatic rings. The average molecular weight is 386 g/mol. The maximum absolute atomic E-state index is 12.8. The van der Waals surface area contributed by atoms with E-state index >= 15 is 0 Å². The summed E-state index contributed by atoms with van der Waals surface area (Å²) in [5.41, 5.74) is 1.44. The zero-order valence-corrected chi connectivity index (χ0v) is 16.3. The Morgan fingerprint density at radius 3 is 2.56 bits per heavy atom. The SMILES string of the molecule is CC(C)(C)OC(=O)NCCNC(=O)c1c(-c2ccccc2)nc2sccn12. The summed E-state index contributed by atoms with van der Waals surface area (Å²) in [6.07, 6.45) is 1.32. The minimum absolute atomic E-state index is 0.245. The second kappa shape index (κ2) is 7.79. The predicted octanol–water partition coefficient (Wildman–Crippen LogP) is 3.32. The van der Waals surface area contributed by atoms with E-state index in [1.807, 2.05) is 41.9 Å². The van der Waals surface area contributed by atoms with Crippen LogP contribution in [0.15, 0.2) is 41.9 Å². The monoisotopic (exact) mass is 386 g/mol. The van der Waals surface area contributed by atoms with E-state index in [-0.39, 0.29) is 19.0 Å². The maximum Gasteiger partial charge on any atom is 0.407 e. The van der Waals surface area contributed by atoms with Crippen LogP contribution in [0.5, 0.6) is 0 Å². The average Bonchev–Trinajstić information content (AvgIpc) is 3.18. The molecule has 0 aliphatic carbocycles. The van der Waals surface area contributed by atoms with Gasteiger partial charge in [-0.1, -0.05) is 30.3 Å². The van der Waals surface area contributed by atoms with Gasteiger partial charge >= 0.3 is 6.09 Å². The topological polar surface area (TPSA) is 84.7 Å². The number of carbonyl (C=O) groups is 2. The zero-order chi connectivity index (χ0) is 19.4. The van der Waals surface area contributed by atoms with Crippen molar-refractivity contribution >= 4 is 28.3 Å². The molecule has 142 valence electrons. The van der Waals surface area contributed by atoms with Gasteiger partial charge in [0, 0.05) is 30.2 Å². The van der Waals surface area contributed by atoms with Crippen molar-refractivity contribution in [3.63, 3.8) is 0 Å². The van der Waals surface area contributed by atoms with Crippen molar-refractivity contribution < 1.29 is 14.3 Å². The number of thiazole rings is 1. The molecule has 2 amide bonds. The minimum Gasteiger partial charge on any atom is -0.444 e. The van der Waals surface area contributed by atoms with Crippen LogP contribution in [0, 0.1) is 0 Å². The van der Waals surface area contributed by atoms with Crippen molar-refractivity contribution in [2.24, 2.45) is 0 Å². The van der Waals surface area contributed by atoms with Crippen LogP contribution in [0.4, 0.5) is 4.79 Å². The third-order valence-corrected chi connectivity index (χ3v) is 4.36. The number of alkyl carbamates (subject to hydrolysis) is 1. The molecule has 8 heteroatoms. The van der Waals surface area contributed by atoms with Crippen molar-refractivity contribution in [2.75, 3.05) is 13.1 Å². The Hall–Kier alpha value is -2.87. The number of fused-ring (bicyclic) bond motifs is 1. The molecule has 0 spiro atoms. The fourth-order valence-electron chi connectivity index (χ4n) is 2.54. The predicted molar refractivity (Wildman–Crippen MR) is 105 cm³/mol. The van der Waals surface area contributed by atoms with E-state index in [2.05, 4.69) is 15.6 Å². The molecule has 0 unspecified atom stereocenters. The summed E-state index contributed by atoms with van der Waals surface area (Å²) in [6, 6.07) is 9.59. The Labute approximate surface area is 161 Å². The Morgan fingerprint density at radius 1 is 1.15 bits per heavy atom. The van der Waals surface area contributed by atoms with Crippen LogP contribution in [0.1, 0.15) is 31.3 Å². The summed E-state index contributed by atoms with van der Waals surface area (Å²) in [4.78, 5) is 29.8. The molecule has 3 aromatic rings. The Balaban J connectivity index is 1.67. The van der Waals surface area contributed by atoms with E-state index in [0.29, 0.717) is 11.4 Å². The molecule has 2 heterocycles. The summed E-state index contributed by atoms with van der Waals surface area (Å²) >= 11 is 1.47. The highest BCUT2D eigenvalue weighted by Crippen LogP contribution is 2.26. The zero-order valence-electron chi connectivity index (χ0n) is 15.5. The summed E-state index contributed by atoms with van der Waals surface area (Å²) in [7, 11) is 0. The summed E-state index contributed by atoms with van der Waals surface area (Å²) in [5, 5.41) is 7.34. The first-order valence-electron chi connectivity index (χ1n) is 8.61. The molecule has 2 aromatic heterocycles. The van der Waals surface area contributed by atoms with Crippen LogP contribution >= 0.6 is 11.3 Å². The Morgan fingerprint density at radius 2 is 1.85 bits per heavy atom. The van der Waals surface area contributed by atoms with Gasteiger partial charge in [0.15, 0.2) is 4.96 Å². The number of hydrogen-bond acceptors (Lipinski definition) is 5. The van der Waals surface area contributed by atoms with E-state index in [4.69, 9.17) is 4.74 Å². The second-order valence-electron chi connectivity index (χ2n) is 6.92. The van der Waals surface area contributed by atoms with Crippen molar-refractivity contribution in [1.82, 2.24) is 20.0 Å². The molecular weight excluding hydrogens is 364 g/mol. The Kier molecular flexibility index (Phi) is 5.46. The van der Waals surface area contributed by atoms with E-state index in [1.54, 1.807) is 25.2 Å². The summed E-state index contributed by atoms with van der Waals surface area (Å²) in [5.74, 6) is -0.245. The van der Waals surface area contributed by atoms with E-state index in [9.17, 15) is 9.59 Å². The van der Waals surface area contributed by atoms with Crippen molar-refractivity contribution in [3.8, 4) is 11.3 Å². The highest BCUT2D eigenvalue weighted by Gasteiger charge is 2.21. The molecule has 2 N–H and O–H groups in total. The first kappa shape index (κ1) is 18.9. The van der Waals surface area contributed by atoms with Crippen LogP contribution in [0.3, 0.4) is 0 Å². The number of nitrogens with zero attached hydrogens (tertiary/aromatic N) is 2. The van der Waals surface area contributed by atoms with Crippen LogP contribution in [-0.2, 0) is 4.74 Å². The summed E-state index contributed by atoms with van der Waals surface area (Å²) < 4.78 is 6.95. The molecule has 7 nitrogen and oxygen atoms in total. The third kappa shape index (κ3) is 4.65. The number of amides is 2. The van der Waals surface area contributed by atoms with Gasteiger partial charge in [-0.15, -0.1) is 11.3 Å². The van der Waals surface area contributed by atoms with Gasteiger partial charge in [0.25, 0.3) is 5.91 Å². The molecule has 3 rings (SSSR count). The molecular formula is C19H22N4O3S. The largest absolute Gasteiger partial charge is 0.444 e. The van der Waals surface area contributed by atoms with Gasteiger partial charge in [-0.2, -0.15) is 0 Å². The van der Waals surface area contributed by atoms with Gasteiger partial charge < -0.3 is 15.4 Å². The number of carbonyl (C=O) groups excluding carboxylic acids is 2. The first-order chi connectivity index (χ1) is 12.8. The van der Waals surface area contributed by atoms with Crippen LogP contribution < -0.4 is 10.6 Å². The molecule has 0 atom stereocenters. The number of rotatable bonds is 5. The molecule has 0 saturated carbocycles. The van der Waals surface area contributed by atoms with E-state index in [0.717, 1.165) is 10.5 Å². The van der Waals surface area contributed by atoms with Crippen LogP contribution in [0.25, 0.3) is 16.2 Å². The minimum atomic E-state index is -0.555. The Bertz CT molecular complexity index is 941. The summed E-state index contributed by atoms with van der Waals surface area (Å²) in [6.45, 7) is 5.94. The fourth-order valence-corrected chi connectivity index (χ4v) is 3.25. The number of aromatic nitrogens is 2. The lowest BCUT2D eigenvalue weighted by Crippen LogP contribution is -2.38. The van der Waals surface area contributed by atoms with Gasteiger partial charge in [0.2, 0.25) is 0 Å². The highest BCUT2D eigenvalue weighted by molar-refractivity contribution is 7.15. The molecule has 27 heavy (non-hydrogen) atoms. The first-order valence-corrected chi connectivity index (χ1v) is 9.49. The second-order valence-corrected chi connectivity index (χ2v) is 7.79. The maximum atomic E-state index is 12.8. The van der Waals surface area contributed by atoms with Crippen LogP contribution in [-0.4, -0.2) is 40.1 Å². The highest BCUT2D eigenvalue weighted by atomic mass is 32.1. The molecule has 0 aliphatic heterocycles. The van der Waals surface area contributed by atoms with E-state index < -0.39 is 11.7 Å². The number of nitrogens with one attached hydrogen (secondary N) is 2. The third-order valence-electron chi connectivity index (χ3n) is 3.60. The standard InChI is InChI=1S/C19H22N4O3S/c1-19(2,3)26-18(25)21-10-9-20-16(24)15-14(13-7-5-4-6-8-13)22-17-23(15)11-12-27-17/h4-8,11-12H,9-10H2,1-3H3,(H,20,24)(H,21,25). The lowest BCUT2D eigenvalue weighted by molar-refractivity contribution is 0.0526. The van der Waals surface area contributed by atoms with Gasteiger partial charge in [0.05, 0.1) is 0 Å². The number of hydrogen-bond donors (Lipinski definition) is 2. The lowest BCUT2D eigenvalue weighted by atomic mass is 10.1. The van der Waals surface area contributed by atoms with Crippen molar-refractivity contribution in [1.29, 1.82) is 0 Å². The normalized spacial score (nSPS) is 11.4. The fraction of sp³-hybridized carbons (Fsp3) is 0.316. The molecule has 0 saturated heterocycles. The van der Waals surface area contributed by atoms with Gasteiger partial charge in [-0.05, 0) is 20.8 Å². The van der Waals surface area contributed by atoms with E-state index in [1.165, 1.54) is 11.3 Å². The van der Waals surface area contributed by atoms with Gasteiger partial charge in [0.1, 0.15) is 17.0 Å². The number of imidazole rings is 1.